The number of nitrogens with zero attached hydrogens (tertiary/aromatic N) is 13. The lowest BCUT2D eigenvalue weighted by molar-refractivity contribution is 1.17. The molecule has 13 heteroatoms. The van der Waals surface area contributed by atoms with E-state index in [1.54, 1.807) is 0 Å². The number of para-hydroxylation sites is 9. The zero-order valence-corrected chi connectivity index (χ0v) is 68.3. The van der Waals surface area contributed by atoms with Gasteiger partial charge in [-0.1, -0.05) is 194 Å². The van der Waals surface area contributed by atoms with Crippen LogP contribution >= 0.6 is 0 Å². The fourth-order valence-electron chi connectivity index (χ4n) is 19.1. The summed E-state index contributed by atoms with van der Waals surface area (Å²) in [4.78, 5) is 7.51. The summed E-state index contributed by atoms with van der Waals surface area (Å²) < 4.78 is 13.3. The van der Waals surface area contributed by atoms with Gasteiger partial charge in [0, 0.05) is 93.4 Å². The predicted octanol–water partition coefficient (Wildman–Crippen LogP) is 29.1. The molecule has 0 saturated heterocycles. The lowest BCUT2D eigenvalue weighted by atomic mass is 10.0. The molecule has 0 amide bonds. The van der Waals surface area contributed by atoms with Gasteiger partial charge in [-0.05, 0) is 239 Å². The Morgan fingerprint density at radius 2 is 0.398 bits per heavy atom. The number of aromatic nitrogens is 6. The van der Waals surface area contributed by atoms with E-state index < -0.39 is 0 Å². The smallest absolute Gasteiger partial charge is 0.189 e. The third-order valence-electron chi connectivity index (χ3n) is 24.5. The maximum atomic E-state index is 10.1. The van der Waals surface area contributed by atoms with Crippen LogP contribution in [0.3, 0.4) is 0 Å². The van der Waals surface area contributed by atoms with Crippen LogP contribution in [0.5, 0.6) is 0 Å². The van der Waals surface area contributed by atoms with Crippen molar-refractivity contribution in [1.82, 2.24) is 27.4 Å². The first-order valence-electron chi connectivity index (χ1n) is 41.8. The monoisotopic (exact) mass is 1630 g/mol. The van der Waals surface area contributed by atoms with Crippen molar-refractivity contribution in [2.45, 2.75) is 0 Å². The molecule has 0 aliphatic heterocycles. The molecule has 18 aromatic carbocycles. The van der Waals surface area contributed by atoms with E-state index in [4.69, 9.17) is 13.1 Å². The van der Waals surface area contributed by atoms with E-state index in [9.17, 15) is 26.3 Å². The van der Waals surface area contributed by atoms with Crippen LogP contribution in [0.1, 0.15) is 27.8 Å². The second kappa shape index (κ2) is 31.0. The van der Waals surface area contributed by atoms with Gasteiger partial charge in [-0.3, -0.25) is 0 Å². The molecular weight excluding hydrogens is 1560 g/mol. The Hall–Kier alpha value is -18.8. The summed E-state index contributed by atoms with van der Waals surface area (Å²) in [5.74, 6) is 0. The highest BCUT2D eigenvalue weighted by atomic mass is 15.0. The van der Waals surface area contributed by atoms with Crippen LogP contribution in [-0.2, 0) is 0 Å². The average molecular weight is 1630 g/mol. The summed E-state index contributed by atoms with van der Waals surface area (Å²) in [6.07, 6.45) is 0. The highest BCUT2D eigenvalue weighted by Crippen LogP contribution is 2.44. The van der Waals surface area contributed by atoms with Gasteiger partial charge in [-0.15, -0.1) is 0 Å². The molecule has 13 nitrogen and oxygen atoms in total. The zero-order chi connectivity index (χ0) is 86.2. The molecule has 24 rings (SSSR count). The fraction of sp³-hybridized carbons (Fsp3) is 0. The minimum atomic E-state index is 0.546. The molecule has 6 aromatic heterocycles. The Morgan fingerprint density at radius 1 is 0.164 bits per heavy atom. The van der Waals surface area contributed by atoms with Crippen molar-refractivity contribution in [2.75, 3.05) is 0 Å². The van der Waals surface area contributed by atoms with E-state index in [2.05, 4.69) is 304 Å². The number of hydrogen-bond acceptors (Lipinski definition) is 5. The molecule has 590 valence electrons. The molecule has 0 fully saturated rings. The Morgan fingerprint density at radius 3 is 0.695 bits per heavy atom. The van der Waals surface area contributed by atoms with E-state index in [0.29, 0.717) is 39.2 Å². The molecule has 0 radical (unpaired) electrons. The fourth-order valence-corrected chi connectivity index (χ4v) is 19.1. The van der Waals surface area contributed by atoms with Gasteiger partial charge in [0.25, 0.3) is 0 Å². The van der Waals surface area contributed by atoms with Gasteiger partial charge >= 0.3 is 0 Å². The zero-order valence-electron chi connectivity index (χ0n) is 68.3. The predicted molar refractivity (Wildman–Crippen MR) is 518 cm³/mol. The third-order valence-corrected chi connectivity index (χ3v) is 24.5. The molecule has 0 spiro atoms. The van der Waals surface area contributed by atoms with Crippen LogP contribution in [0.15, 0.2) is 394 Å². The summed E-state index contributed by atoms with van der Waals surface area (Å²) in [7, 11) is 0. The van der Waals surface area contributed by atoms with E-state index in [-0.39, 0.29) is 0 Å². The average Bonchev–Trinajstić information content (AvgIpc) is 1.55. The summed E-state index contributed by atoms with van der Waals surface area (Å²) in [5.41, 5.74) is 28.2. The maximum Gasteiger partial charge on any atom is 0.189 e. The van der Waals surface area contributed by atoms with E-state index in [1.807, 2.05) is 158 Å². The van der Waals surface area contributed by atoms with Gasteiger partial charge < -0.3 is 27.4 Å². The van der Waals surface area contributed by atoms with Crippen molar-refractivity contribution in [3.05, 3.63) is 445 Å². The van der Waals surface area contributed by atoms with Gasteiger partial charge in [-0.2, -0.15) is 26.3 Å². The molecule has 0 N–H and O–H groups in total. The summed E-state index contributed by atoms with van der Waals surface area (Å²) in [6, 6.07) is 145. The minimum Gasteiger partial charge on any atom is -0.310 e. The molecule has 0 aliphatic carbocycles. The highest BCUT2D eigenvalue weighted by molar-refractivity contribution is 6.15. The molecule has 0 bridgehead atoms. The Labute approximate surface area is 733 Å². The summed E-state index contributed by atoms with van der Waals surface area (Å²) in [6.45, 7) is 15.4. The van der Waals surface area contributed by atoms with Crippen molar-refractivity contribution in [3.63, 3.8) is 0 Å². The van der Waals surface area contributed by atoms with Crippen molar-refractivity contribution in [3.8, 4) is 97.9 Å². The van der Waals surface area contributed by atoms with Gasteiger partial charge in [0.15, 0.2) is 11.4 Å². The molecule has 6 heterocycles. The third kappa shape index (κ3) is 12.6. The van der Waals surface area contributed by atoms with Gasteiger partial charge in [0.1, 0.15) is 0 Å². The number of rotatable bonds is 9. The van der Waals surface area contributed by atoms with E-state index in [1.165, 1.54) is 43.1 Å². The topological polar surface area (TPSA) is 157 Å². The first kappa shape index (κ1) is 75.4. The summed E-state index contributed by atoms with van der Waals surface area (Å²) >= 11 is 0. The minimum absolute atomic E-state index is 0.546. The van der Waals surface area contributed by atoms with Crippen LogP contribution in [0.2, 0.25) is 0 Å². The number of benzene rings is 18. The van der Waals surface area contributed by atoms with E-state index in [0.717, 1.165) is 155 Å². The van der Waals surface area contributed by atoms with Crippen molar-refractivity contribution in [2.24, 2.45) is 0 Å². The quantitative estimate of drug-likeness (QED) is 0.131. The first-order valence-corrected chi connectivity index (χ1v) is 41.8. The lowest BCUT2D eigenvalue weighted by Gasteiger charge is -2.14. The number of hydrogen-bond donors (Lipinski definition) is 0. The Bertz CT molecular complexity index is 8700. The van der Waals surface area contributed by atoms with Gasteiger partial charge in [0.2, 0.25) is 0 Å². The van der Waals surface area contributed by atoms with Gasteiger partial charge in [-0.25, -0.2) is 9.69 Å². The number of nitriles is 5. The van der Waals surface area contributed by atoms with Crippen LogP contribution in [0, 0.1) is 69.8 Å². The van der Waals surface area contributed by atoms with Gasteiger partial charge in [0.05, 0.1) is 138 Å². The molecule has 0 atom stereocenters. The highest BCUT2D eigenvalue weighted by Gasteiger charge is 2.23. The second-order valence-electron chi connectivity index (χ2n) is 31.8. The number of fused-ring (bicyclic) bond motifs is 18. The van der Waals surface area contributed by atoms with E-state index >= 15 is 0 Å². The molecule has 128 heavy (non-hydrogen) atoms. The first-order chi connectivity index (χ1) is 63.1. The SMILES string of the molecule is N#Cc1cc(-c2cccc(-n3c4ccc(C#N)cc4c4cc(C#N)ccc43)c2)cc(-n2c3ccccc3c3ccccc32)c1.[C-]#[N+]c1cc(-c2cc(C#N)cc(-n3c4ccccc4c4ccccc43)c2)cc(-n2c3ccccc3c3ccccc32)c1.[C-]#[N+]c1ccc2c(c1)c1ccccc1n2-c1cccc(-c2cc(C#N)cc(-n3c4ccccc4c4ccccc43)c2)c1. The largest absolute Gasteiger partial charge is 0.310 e. The summed E-state index contributed by atoms with van der Waals surface area (Å²) in [5, 5.41) is 62.8. The Balaban J connectivity index is 0.000000113. The molecule has 24 aromatic rings. The molecule has 0 unspecified atom stereocenters. The Kier molecular flexibility index (Phi) is 18.3. The van der Waals surface area contributed by atoms with Crippen molar-refractivity contribution in [1.29, 1.82) is 26.3 Å². The molecule has 0 aliphatic rings. The van der Waals surface area contributed by atoms with Crippen LogP contribution < -0.4 is 0 Å². The lowest BCUT2D eigenvalue weighted by Crippen LogP contribution is -1.97. The van der Waals surface area contributed by atoms with Crippen molar-refractivity contribution < 1.29 is 0 Å². The van der Waals surface area contributed by atoms with Crippen LogP contribution in [0.4, 0.5) is 11.4 Å². The van der Waals surface area contributed by atoms with Crippen LogP contribution in [0.25, 0.3) is 208 Å². The molecular formula is C115H65N13. The standard InChI is InChI=1S/C39H21N5.2C38H22N4/c40-22-25-12-14-38-34(18-25)35-19-26(23-41)13-15-39(35)43(38)30-7-5-6-28(20-30)29-16-27(24-42)17-31(21-29)44-36-10-3-1-8-32(36)33-9-2-4-11-37(33)44;1-40-28-20-27(22-30(23-28)42-37-16-8-4-12-33(37)34-13-5-9-17-38(34)42)26-18-25(24-39)19-29(21-26)41-35-14-6-2-10-31(35)32-11-3-7-15-36(32)41;1-40-28-17-18-38-34(23-28)33-13-4-7-16-37(33)41(38)29-10-8-9-26(21-29)27-19-25(24-39)20-30(22-27)42-35-14-5-2-11-31(35)32-12-3-6-15-36(32)42/h1-21H;2*2-23H. The molecule has 0 saturated carbocycles. The maximum absolute atomic E-state index is 10.1. The van der Waals surface area contributed by atoms with Crippen molar-refractivity contribution >= 4 is 142 Å². The second-order valence-corrected chi connectivity index (χ2v) is 31.8. The van der Waals surface area contributed by atoms with Crippen LogP contribution in [-0.4, -0.2) is 27.4 Å². The normalized spacial score (nSPS) is 11.2.